The molecular formula is C19H34. The van der Waals surface area contributed by atoms with E-state index in [0.29, 0.717) is 17.3 Å². The Morgan fingerprint density at radius 1 is 1.32 bits per heavy atom. The molecule has 0 aliphatic heterocycles. The van der Waals surface area contributed by atoms with Crippen LogP contribution in [0.4, 0.5) is 0 Å². The molecule has 0 fully saturated rings. The van der Waals surface area contributed by atoms with Crippen LogP contribution in [-0.2, 0) is 0 Å². The lowest BCUT2D eigenvalue weighted by Gasteiger charge is -2.30. The van der Waals surface area contributed by atoms with Crippen LogP contribution in [0.1, 0.15) is 73.6 Å². The van der Waals surface area contributed by atoms with Crippen LogP contribution in [-0.4, -0.2) is 0 Å². The maximum atomic E-state index is 2.53. The molecule has 0 heteroatoms. The van der Waals surface area contributed by atoms with E-state index in [0.717, 1.165) is 5.92 Å². The highest BCUT2D eigenvalue weighted by atomic mass is 14.3. The lowest BCUT2D eigenvalue weighted by atomic mass is 9.75. The summed E-state index contributed by atoms with van der Waals surface area (Å²) in [7, 11) is 0. The second kappa shape index (κ2) is 7.31. The Labute approximate surface area is 121 Å². The lowest BCUT2D eigenvalue weighted by Crippen LogP contribution is -2.18. The first-order valence-corrected chi connectivity index (χ1v) is 8.26. The van der Waals surface area contributed by atoms with E-state index in [1.807, 2.05) is 0 Å². The van der Waals surface area contributed by atoms with E-state index >= 15 is 0 Å². The van der Waals surface area contributed by atoms with Gasteiger partial charge in [-0.05, 0) is 54.4 Å². The third-order valence-electron chi connectivity index (χ3n) is 4.76. The molecule has 0 bridgehead atoms. The van der Waals surface area contributed by atoms with Crippen molar-refractivity contribution in [2.24, 2.45) is 23.2 Å². The van der Waals surface area contributed by atoms with Crippen molar-refractivity contribution in [3.8, 4) is 0 Å². The molecule has 0 saturated heterocycles. The minimum absolute atomic E-state index is 0.453. The number of allylic oxidation sites excluding steroid dienone is 4. The van der Waals surface area contributed by atoms with Gasteiger partial charge in [0.05, 0.1) is 0 Å². The van der Waals surface area contributed by atoms with Crippen LogP contribution in [0.15, 0.2) is 23.8 Å². The van der Waals surface area contributed by atoms with Gasteiger partial charge < -0.3 is 0 Å². The van der Waals surface area contributed by atoms with Crippen LogP contribution in [0, 0.1) is 23.2 Å². The van der Waals surface area contributed by atoms with Gasteiger partial charge in [-0.15, -0.1) is 0 Å². The van der Waals surface area contributed by atoms with Crippen molar-refractivity contribution in [1.82, 2.24) is 0 Å². The van der Waals surface area contributed by atoms with E-state index in [4.69, 9.17) is 0 Å². The summed E-state index contributed by atoms with van der Waals surface area (Å²) in [5, 5.41) is 0. The van der Waals surface area contributed by atoms with Crippen molar-refractivity contribution in [3.05, 3.63) is 23.8 Å². The van der Waals surface area contributed by atoms with E-state index < -0.39 is 0 Å². The van der Waals surface area contributed by atoms with Gasteiger partial charge in [0.2, 0.25) is 0 Å². The molecule has 0 N–H and O–H groups in total. The van der Waals surface area contributed by atoms with Gasteiger partial charge in [-0.3, -0.25) is 0 Å². The highest BCUT2D eigenvalue weighted by Crippen LogP contribution is 2.36. The van der Waals surface area contributed by atoms with Gasteiger partial charge in [0.25, 0.3) is 0 Å². The predicted molar refractivity (Wildman–Crippen MR) is 87.3 cm³/mol. The Morgan fingerprint density at radius 2 is 2.00 bits per heavy atom. The minimum atomic E-state index is 0.453. The van der Waals surface area contributed by atoms with Gasteiger partial charge in [-0.2, -0.15) is 0 Å². The topological polar surface area (TPSA) is 0 Å². The summed E-state index contributed by atoms with van der Waals surface area (Å²) >= 11 is 0. The zero-order valence-corrected chi connectivity index (χ0v) is 14.0. The fraction of sp³-hybridized carbons (Fsp3) is 0.789. The number of hydrogen-bond acceptors (Lipinski definition) is 0. The Morgan fingerprint density at radius 3 is 2.58 bits per heavy atom. The standard InChI is InChI=1S/C19H34/c1-7-16(4)18-10-9-11-19(5,6)14-17(8-2)12-15(3)13-18/h9-10,13,15-17H,7-8,11-12,14H2,1-6H3. The highest BCUT2D eigenvalue weighted by molar-refractivity contribution is 5.22. The average Bonchev–Trinajstić information content (AvgIpc) is 2.34. The lowest BCUT2D eigenvalue weighted by molar-refractivity contribution is 0.242. The van der Waals surface area contributed by atoms with Crippen LogP contribution in [0.3, 0.4) is 0 Å². The van der Waals surface area contributed by atoms with E-state index in [-0.39, 0.29) is 0 Å². The second-order valence-corrected chi connectivity index (χ2v) is 7.44. The second-order valence-electron chi connectivity index (χ2n) is 7.44. The van der Waals surface area contributed by atoms with Gasteiger partial charge in [-0.1, -0.05) is 66.2 Å². The minimum Gasteiger partial charge on any atom is -0.0837 e. The molecule has 1 aliphatic rings. The van der Waals surface area contributed by atoms with Crippen LogP contribution >= 0.6 is 0 Å². The summed E-state index contributed by atoms with van der Waals surface area (Å²) in [4.78, 5) is 0. The average molecular weight is 262 g/mol. The third kappa shape index (κ3) is 5.55. The number of hydrogen-bond donors (Lipinski definition) is 0. The van der Waals surface area contributed by atoms with Crippen LogP contribution in [0.2, 0.25) is 0 Å². The van der Waals surface area contributed by atoms with E-state index in [1.54, 1.807) is 5.57 Å². The first-order valence-electron chi connectivity index (χ1n) is 8.26. The van der Waals surface area contributed by atoms with Gasteiger partial charge in [0.1, 0.15) is 0 Å². The molecule has 0 nitrogen and oxygen atoms in total. The molecule has 0 heterocycles. The molecule has 1 rings (SSSR count). The smallest absolute Gasteiger partial charge is 0.0196 e. The zero-order valence-electron chi connectivity index (χ0n) is 14.0. The van der Waals surface area contributed by atoms with Crippen molar-refractivity contribution >= 4 is 0 Å². The molecule has 0 saturated carbocycles. The highest BCUT2D eigenvalue weighted by Gasteiger charge is 2.23. The van der Waals surface area contributed by atoms with Gasteiger partial charge in [-0.25, -0.2) is 0 Å². The first kappa shape index (κ1) is 16.5. The Hall–Kier alpha value is -0.520. The van der Waals surface area contributed by atoms with E-state index in [9.17, 15) is 0 Å². The summed E-state index contributed by atoms with van der Waals surface area (Å²) in [6.45, 7) is 14.3. The Balaban J connectivity index is 2.95. The molecule has 0 amide bonds. The molecule has 0 aromatic heterocycles. The molecule has 1 aliphatic carbocycles. The Kier molecular flexibility index (Phi) is 6.36. The van der Waals surface area contributed by atoms with Crippen molar-refractivity contribution < 1.29 is 0 Å². The largest absolute Gasteiger partial charge is 0.0837 e. The van der Waals surface area contributed by atoms with E-state index in [2.05, 4.69) is 59.8 Å². The normalized spacial score (nSPS) is 29.7. The molecule has 0 aromatic rings. The van der Waals surface area contributed by atoms with Crippen molar-refractivity contribution in [3.63, 3.8) is 0 Å². The van der Waals surface area contributed by atoms with E-state index in [1.165, 1.54) is 32.1 Å². The molecule has 3 atom stereocenters. The van der Waals surface area contributed by atoms with Crippen LogP contribution < -0.4 is 0 Å². The molecule has 0 radical (unpaired) electrons. The van der Waals surface area contributed by atoms with Crippen molar-refractivity contribution in [1.29, 1.82) is 0 Å². The SMILES string of the molecule is CCC1CC(C)C=C(C(C)CC)C=CCC(C)(C)C1. The summed E-state index contributed by atoms with van der Waals surface area (Å²) in [6, 6.07) is 0. The predicted octanol–water partition coefficient (Wildman–Crippen LogP) is 6.39. The Bertz CT molecular complexity index is 319. The third-order valence-corrected chi connectivity index (χ3v) is 4.76. The fourth-order valence-corrected chi connectivity index (χ4v) is 3.32. The molecule has 110 valence electrons. The van der Waals surface area contributed by atoms with Gasteiger partial charge in [0.15, 0.2) is 0 Å². The molecule has 0 aromatic carbocycles. The van der Waals surface area contributed by atoms with Gasteiger partial charge >= 0.3 is 0 Å². The quantitative estimate of drug-likeness (QED) is 0.553. The van der Waals surface area contributed by atoms with Crippen LogP contribution in [0.5, 0.6) is 0 Å². The summed E-state index contributed by atoms with van der Waals surface area (Å²) in [6.07, 6.45) is 13.9. The van der Waals surface area contributed by atoms with Crippen molar-refractivity contribution in [2.75, 3.05) is 0 Å². The van der Waals surface area contributed by atoms with Crippen molar-refractivity contribution in [2.45, 2.75) is 73.6 Å². The summed E-state index contributed by atoms with van der Waals surface area (Å²) < 4.78 is 0. The van der Waals surface area contributed by atoms with Gasteiger partial charge in [0, 0.05) is 0 Å². The monoisotopic (exact) mass is 262 g/mol. The summed E-state index contributed by atoms with van der Waals surface area (Å²) in [5.41, 5.74) is 2.01. The zero-order chi connectivity index (χ0) is 14.5. The summed E-state index contributed by atoms with van der Waals surface area (Å²) in [5.74, 6) is 2.29. The first-order chi connectivity index (χ1) is 8.88. The molecular weight excluding hydrogens is 228 g/mol. The molecule has 19 heavy (non-hydrogen) atoms. The fourth-order valence-electron chi connectivity index (χ4n) is 3.32. The van der Waals surface area contributed by atoms with Crippen LogP contribution in [0.25, 0.3) is 0 Å². The molecule has 0 spiro atoms. The molecule has 3 unspecified atom stereocenters. The maximum absolute atomic E-state index is 2.53. The maximum Gasteiger partial charge on any atom is -0.0196 e. The number of rotatable bonds is 3.